The number of rotatable bonds is 3. The Morgan fingerprint density at radius 1 is 1.54 bits per heavy atom. The maximum atomic E-state index is 12.9. The van der Waals surface area contributed by atoms with Crippen molar-refractivity contribution in [3.8, 4) is 5.75 Å². The molecule has 4 heteroatoms. The van der Waals surface area contributed by atoms with E-state index in [9.17, 15) is 4.39 Å². The molecule has 0 saturated carbocycles. The highest BCUT2D eigenvalue weighted by atomic mass is 79.9. The van der Waals surface area contributed by atoms with Crippen molar-refractivity contribution in [2.45, 2.75) is 6.42 Å². The molecule has 0 unspecified atom stereocenters. The third-order valence-corrected chi connectivity index (χ3v) is 2.58. The van der Waals surface area contributed by atoms with Gasteiger partial charge in [-0.2, -0.15) is 0 Å². The van der Waals surface area contributed by atoms with Gasteiger partial charge in [-0.1, -0.05) is 0 Å². The largest absolute Gasteiger partial charge is 0.495 e. The maximum absolute atomic E-state index is 12.9. The SMILES string of the molecule is COc1cc(F)cc(CCO)c1Br. The van der Waals surface area contributed by atoms with Crippen LogP contribution in [0.15, 0.2) is 16.6 Å². The van der Waals surface area contributed by atoms with E-state index in [-0.39, 0.29) is 12.4 Å². The summed E-state index contributed by atoms with van der Waals surface area (Å²) < 4.78 is 18.6. The number of hydrogen-bond donors (Lipinski definition) is 1. The molecule has 0 aliphatic carbocycles. The smallest absolute Gasteiger partial charge is 0.136 e. The van der Waals surface area contributed by atoms with E-state index < -0.39 is 0 Å². The second-order valence-electron chi connectivity index (χ2n) is 2.55. The fourth-order valence-electron chi connectivity index (χ4n) is 1.07. The molecule has 1 aromatic rings. The molecule has 0 aliphatic heterocycles. The van der Waals surface area contributed by atoms with Crippen LogP contribution in [0.1, 0.15) is 5.56 Å². The normalized spacial score (nSPS) is 10.2. The number of halogens is 2. The van der Waals surface area contributed by atoms with Crippen molar-refractivity contribution in [3.63, 3.8) is 0 Å². The molecule has 0 atom stereocenters. The zero-order valence-corrected chi connectivity index (χ0v) is 8.77. The molecule has 0 saturated heterocycles. The Hall–Kier alpha value is -0.610. The predicted molar refractivity (Wildman–Crippen MR) is 51.4 cm³/mol. The highest BCUT2D eigenvalue weighted by molar-refractivity contribution is 9.10. The van der Waals surface area contributed by atoms with Gasteiger partial charge < -0.3 is 9.84 Å². The lowest BCUT2D eigenvalue weighted by atomic mass is 10.1. The first-order valence-corrected chi connectivity index (χ1v) is 4.61. The van der Waals surface area contributed by atoms with Gasteiger partial charge in [0.2, 0.25) is 0 Å². The summed E-state index contributed by atoms with van der Waals surface area (Å²) in [6.07, 6.45) is 0.411. The zero-order valence-electron chi connectivity index (χ0n) is 7.18. The summed E-state index contributed by atoms with van der Waals surface area (Å²) in [6.45, 7) is -0.00872. The Bertz CT molecular complexity index is 302. The molecule has 0 aromatic heterocycles. The molecule has 13 heavy (non-hydrogen) atoms. The van der Waals surface area contributed by atoms with E-state index in [4.69, 9.17) is 9.84 Å². The van der Waals surface area contributed by atoms with Crippen molar-refractivity contribution < 1.29 is 14.2 Å². The van der Waals surface area contributed by atoms with Crippen LogP contribution in [0.3, 0.4) is 0 Å². The second kappa shape index (κ2) is 4.58. The molecule has 0 bridgehead atoms. The molecule has 0 spiro atoms. The van der Waals surface area contributed by atoms with Gasteiger partial charge >= 0.3 is 0 Å². The van der Waals surface area contributed by atoms with Crippen LogP contribution in [0.25, 0.3) is 0 Å². The van der Waals surface area contributed by atoms with E-state index >= 15 is 0 Å². The van der Waals surface area contributed by atoms with Gasteiger partial charge in [0.25, 0.3) is 0 Å². The van der Waals surface area contributed by atoms with Gasteiger partial charge in [0.1, 0.15) is 11.6 Å². The van der Waals surface area contributed by atoms with Crippen molar-refractivity contribution in [2.24, 2.45) is 0 Å². The fraction of sp³-hybridized carbons (Fsp3) is 0.333. The molecule has 1 rings (SSSR count). The summed E-state index contributed by atoms with van der Waals surface area (Å²) in [5, 5.41) is 8.71. The lowest BCUT2D eigenvalue weighted by Gasteiger charge is -2.08. The Morgan fingerprint density at radius 2 is 2.23 bits per heavy atom. The summed E-state index contributed by atoms with van der Waals surface area (Å²) in [6, 6.07) is 2.67. The summed E-state index contributed by atoms with van der Waals surface area (Å²) in [4.78, 5) is 0. The summed E-state index contributed by atoms with van der Waals surface area (Å²) in [7, 11) is 1.47. The van der Waals surface area contributed by atoms with Gasteiger partial charge in [-0.25, -0.2) is 4.39 Å². The van der Waals surface area contributed by atoms with Crippen LogP contribution in [0.2, 0.25) is 0 Å². The molecule has 1 N–H and O–H groups in total. The van der Waals surface area contributed by atoms with Gasteiger partial charge in [-0.05, 0) is 34.0 Å². The highest BCUT2D eigenvalue weighted by Gasteiger charge is 2.08. The van der Waals surface area contributed by atoms with E-state index in [1.165, 1.54) is 19.2 Å². The average Bonchev–Trinajstić information content (AvgIpc) is 2.11. The molecule has 0 aliphatic rings. The van der Waals surface area contributed by atoms with Crippen LogP contribution in [0.5, 0.6) is 5.75 Å². The zero-order chi connectivity index (χ0) is 9.84. The number of aliphatic hydroxyl groups is 1. The van der Waals surface area contributed by atoms with E-state index in [2.05, 4.69) is 15.9 Å². The van der Waals surface area contributed by atoms with Crippen LogP contribution in [-0.4, -0.2) is 18.8 Å². The summed E-state index contributed by atoms with van der Waals surface area (Å²) in [5.74, 6) is 0.0898. The van der Waals surface area contributed by atoms with Gasteiger partial charge in [0, 0.05) is 12.7 Å². The molecule has 0 fully saturated rings. The van der Waals surface area contributed by atoms with Crippen molar-refractivity contribution in [1.82, 2.24) is 0 Å². The van der Waals surface area contributed by atoms with E-state index in [1.54, 1.807) is 0 Å². The van der Waals surface area contributed by atoms with Crippen molar-refractivity contribution >= 4 is 15.9 Å². The second-order valence-corrected chi connectivity index (χ2v) is 3.35. The third-order valence-electron chi connectivity index (χ3n) is 1.68. The molecule has 0 amide bonds. The molecule has 72 valence electrons. The first-order chi connectivity index (χ1) is 6.19. The van der Waals surface area contributed by atoms with Crippen LogP contribution >= 0.6 is 15.9 Å². The molecule has 2 nitrogen and oxygen atoms in total. The van der Waals surface area contributed by atoms with Gasteiger partial charge in [-0.15, -0.1) is 0 Å². The van der Waals surface area contributed by atoms with Crippen LogP contribution in [-0.2, 0) is 6.42 Å². The Kier molecular flexibility index (Phi) is 3.69. The minimum absolute atomic E-state index is 0.00872. The molecule has 0 heterocycles. The molecule has 1 aromatic carbocycles. The quantitative estimate of drug-likeness (QED) is 0.889. The van der Waals surface area contributed by atoms with Gasteiger partial charge in [0.05, 0.1) is 11.6 Å². The van der Waals surface area contributed by atoms with Crippen molar-refractivity contribution in [2.75, 3.05) is 13.7 Å². The van der Waals surface area contributed by atoms with Crippen LogP contribution in [0, 0.1) is 5.82 Å². The predicted octanol–water partition coefficient (Wildman–Crippen LogP) is 2.13. The third kappa shape index (κ3) is 2.42. The number of ether oxygens (including phenoxy) is 1. The first kappa shape index (κ1) is 10.5. The number of hydrogen-bond acceptors (Lipinski definition) is 2. The first-order valence-electron chi connectivity index (χ1n) is 3.81. The standard InChI is InChI=1S/C9H10BrFO2/c1-13-8-5-7(11)4-6(2-3-12)9(8)10/h4-5,12H,2-3H2,1H3. The van der Waals surface area contributed by atoms with Gasteiger partial charge in [-0.3, -0.25) is 0 Å². The Balaban J connectivity index is 3.11. The average molecular weight is 249 g/mol. The van der Waals surface area contributed by atoms with E-state index in [0.717, 1.165) is 0 Å². The summed E-state index contributed by atoms with van der Waals surface area (Å²) in [5.41, 5.74) is 0.708. The number of methoxy groups -OCH3 is 1. The van der Waals surface area contributed by atoms with E-state index in [0.29, 0.717) is 22.2 Å². The lowest BCUT2D eigenvalue weighted by molar-refractivity contribution is 0.299. The van der Waals surface area contributed by atoms with Gasteiger partial charge in [0.15, 0.2) is 0 Å². The topological polar surface area (TPSA) is 29.5 Å². The molecular formula is C9H10BrFO2. The molecule has 0 radical (unpaired) electrons. The van der Waals surface area contributed by atoms with Crippen LogP contribution < -0.4 is 4.74 Å². The Morgan fingerprint density at radius 3 is 2.77 bits per heavy atom. The Labute approximate surface area is 84.5 Å². The summed E-state index contributed by atoms with van der Waals surface area (Å²) >= 11 is 3.27. The maximum Gasteiger partial charge on any atom is 0.136 e. The van der Waals surface area contributed by atoms with E-state index in [1.807, 2.05) is 0 Å². The van der Waals surface area contributed by atoms with Crippen molar-refractivity contribution in [1.29, 1.82) is 0 Å². The monoisotopic (exact) mass is 248 g/mol. The fourth-order valence-corrected chi connectivity index (χ4v) is 1.66. The minimum atomic E-state index is -0.358. The number of aliphatic hydroxyl groups excluding tert-OH is 1. The lowest BCUT2D eigenvalue weighted by Crippen LogP contribution is -1.96. The molecular weight excluding hydrogens is 239 g/mol. The van der Waals surface area contributed by atoms with Crippen molar-refractivity contribution in [3.05, 3.63) is 28.0 Å². The van der Waals surface area contributed by atoms with Crippen LogP contribution in [0.4, 0.5) is 4.39 Å². The number of benzene rings is 1. The minimum Gasteiger partial charge on any atom is -0.495 e. The highest BCUT2D eigenvalue weighted by Crippen LogP contribution is 2.29.